The molecule has 0 aromatic carbocycles. The maximum atomic E-state index is 5.85. The van der Waals surface area contributed by atoms with Crippen LogP contribution in [0.25, 0.3) is 11.2 Å². The molecule has 0 saturated heterocycles. The van der Waals surface area contributed by atoms with E-state index in [1.165, 1.54) is 6.33 Å². The monoisotopic (exact) mass is 298 g/mol. The molecule has 2 aromatic rings. The van der Waals surface area contributed by atoms with Crippen LogP contribution in [-0.2, 0) is 17.7 Å². The molecule has 0 amide bonds. The van der Waals surface area contributed by atoms with Crippen molar-refractivity contribution in [2.24, 2.45) is 0 Å². The van der Waals surface area contributed by atoms with E-state index in [0.29, 0.717) is 23.7 Å². The zero-order chi connectivity index (χ0) is 14.4. The van der Waals surface area contributed by atoms with Crippen LogP contribution in [0.4, 0.5) is 0 Å². The molecule has 0 spiro atoms. The predicted molar refractivity (Wildman–Crippen MR) is 77.4 cm³/mol. The van der Waals surface area contributed by atoms with Crippen LogP contribution in [0.5, 0.6) is 5.88 Å². The molecule has 0 fully saturated rings. The largest absolute Gasteiger partial charge is 0.479 e. The van der Waals surface area contributed by atoms with Crippen molar-refractivity contribution in [2.45, 2.75) is 26.3 Å². The number of alkyl halides is 1. The van der Waals surface area contributed by atoms with Gasteiger partial charge in [-0.2, -0.15) is 4.98 Å². The van der Waals surface area contributed by atoms with Crippen molar-refractivity contribution in [3.05, 3.63) is 12.2 Å². The van der Waals surface area contributed by atoms with Crippen molar-refractivity contribution in [3.63, 3.8) is 0 Å². The van der Waals surface area contributed by atoms with Crippen molar-refractivity contribution in [1.82, 2.24) is 19.5 Å². The highest BCUT2D eigenvalue weighted by atomic mass is 35.5. The number of ether oxygens (including phenoxy) is 2. The summed E-state index contributed by atoms with van der Waals surface area (Å²) in [6.07, 6.45) is 3.09. The van der Waals surface area contributed by atoms with Gasteiger partial charge in [-0.05, 0) is 13.3 Å². The van der Waals surface area contributed by atoms with Gasteiger partial charge in [-0.25, -0.2) is 9.97 Å². The van der Waals surface area contributed by atoms with Crippen LogP contribution in [-0.4, -0.2) is 45.7 Å². The van der Waals surface area contributed by atoms with Gasteiger partial charge in [-0.1, -0.05) is 0 Å². The molecule has 0 aliphatic rings. The van der Waals surface area contributed by atoms with E-state index < -0.39 is 0 Å². The SMILES string of the molecule is CCOCCCn1c(CCCl)nc2c(OC)ncnc21. The Kier molecular flexibility index (Phi) is 5.55. The van der Waals surface area contributed by atoms with E-state index in [9.17, 15) is 0 Å². The van der Waals surface area contributed by atoms with Gasteiger partial charge in [0.15, 0.2) is 11.2 Å². The summed E-state index contributed by atoms with van der Waals surface area (Å²) >= 11 is 5.85. The Morgan fingerprint density at radius 1 is 1.35 bits per heavy atom. The van der Waals surface area contributed by atoms with Crippen molar-refractivity contribution >= 4 is 22.8 Å². The highest BCUT2D eigenvalue weighted by Gasteiger charge is 2.15. The second kappa shape index (κ2) is 7.40. The molecule has 0 N–H and O–H groups in total. The van der Waals surface area contributed by atoms with Gasteiger partial charge in [0.05, 0.1) is 7.11 Å². The molecule has 7 heteroatoms. The van der Waals surface area contributed by atoms with Crippen LogP contribution in [0.1, 0.15) is 19.2 Å². The normalized spacial score (nSPS) is 11.2. The fourth-order valence-electron chi connectivity index (χ4n) is 2.09. The quantitative estimate of drug-likeness (QED) is 0.551. The van der Waals surface area contributed by atoms with Crippen molar-refractivity contribution < 1.29 is 9.47 Å². The van der Waals surface area contributed by atoms with E-state index in [2.05, 4.69) is 19.5 Å². The number of rotatable bonds is 8. The van der Waals surface area contributed by atoms with Gasteiger partial charge in [0.25, 0.3) is 0 Å². The number of aromatic nitrogens is 4. The maximum absolute atomic E-state index is 5.85. The third-order valence-corrected chi connectivity index (χ3v) is 3.15. The third kappa shape index (κ3) is 3.19. The molecule has 0 bridgehead atoms. The summed E-state index contributed by atoms with van der Waals surface area (Å²) in [6, 6.07) is 0. The van der Waals surface area contributed by atoms with Gasteiger partial charge in [0.1, 0.15) is 12.2 Å². The molecule has 0 saturated carbocycles. The van der Waals surface area contributed by atoms with E-state index in [-0.39, 0.29) is 0 Å². The molecule has 20 heavy (non-hydrogen) atoms. The number of hydrogen-bond acceptors (Lipinski definition) is 5. The second-order valence-corrected chi connectivity index (χ2v) is 4.60. The third-order valence-electron chi connectivity index (χ3n) is 2.96. The number of imidazole rings is 1. The van der Waals surface area contributed by atoms with Gasteiger partial charge in [-0.15, -0.1) is 11.6 Å². The Labute approximate surface area is 123 Å². The topological polar surface area (TPSA) is 62.1 Å². The molecular formula is C13H19ClN4O2. The number of hydrogen-bond donors (Lipinski definition) is 0. The summed E-state index contributed by atoms with van der Waals surface area (Å²) in [7, 11) is 1.58. The molecular weight excluding hydrogens is 280 g/mol. The number of nitrogens with zero attached hydrogens (tertiary/aromatic N) is 4. The minimum Gasteiger partial charge on any atom is -0.479 e. The van der Waals surface area contributed by atoms with Crippen molar-refractivity contribution in [1.29, 1.82) is 0 Å². The summed E-state index contributed by atoms with van der Waals surface area (Å²) in [5.74, 6) is 1.92. The zero-order valence-electron chi connectivity index (χ0n) is 11.8. The minimum absolute atomic E-state index is 0.495. The number of methoxy groups -OCH3 is 1. The van der Waals surface area contributed by atoms with E-state index in [1.807, 2.05) is 6.92 Å². The number of halogens is 1. The predicted octanol–water partition coefficient (Wildman–Crippen LogP) is 2.04. The lowest BCUT2D eigenvalue weighted by atomic mass is 10.4. The smallest absolute Gasteiger partial charge is 0.245 e. The van der Waals surface area contributed by atoms with E-state index >= 15 is 0 Å². The lowest BCUT2D eigenvalue weighted by Crippen LogP contribution is -2.08. The van der Waals surface area contributed by atoms with Gasteiger partial charge >= 0.3 is 0 Å². The summed E-state index contributed by atoms with van der Waals surface area (Å²) in [5, 5.41) is 0. The van der Waals surface area contributed by atoms with Crippen LogP contribution in [0.3, 0.4) is 0 Å². The van der Waals surface area contributed by atoms with Gasteiger partial charge < -0.3 is 14.0 Å². The van der Waals surface area contributed by atoms with Crippen LogP contribution in [0.15, 0.2) is 6.33 Å². The average Bonchev–Trinajstić information content (AvgIpc) is 2.82. The fourth-order valence-corrected chi connectivity index (χ4v) is 2.26. The summed E-state index contributed by atoms with van der Waals surface area (Å²) < 4.78 is 12.7. The van der Waals surface area contributed by atoms with E-state index in [1.54, 1.807) is 7.11 Å². The van der Waals surface area contributed by atoms with Crippen molar-refractivity contribution in [2.75, 3.05) is 26.2 Å². The van der Waals surface area contributed by atoms with Crippen LogP contribution in [0.2, 0.25) is 0 Å². The molecule has 0 radical (unpaired) electrons. The van der Waals surface area contributed by atoms with E-state index in [0.717, 1.165) is 37.7 Å². The first-order valence-corrected chi connectivity index (χ1v) is 7.23. The molecule has 0 aliphatic heterocycles. The Balaban J connectivity index is 2.31. The Morgan fingerprint density at radius 2 is 2.20 bits per heavy atom. The van der Waals surface area contributed by atoms with Gasteiger partial charge in [-0.3, -0.25) is 0 Å². The molecule has 0 unspecified atom stereocenters. The molecule has 2 heterocycles. The molecule has 2 aromatic heterocycles. The lowest BCUT2D eigenvalue weighted by molar-refractivity contribution is 0.141. The Bertz CT molecular complexity index is 559. The lowest BCUT2D eigenvalue weighted by Gasteiger charge is -2.07. The van der Waals surface area contributed by atoms with Crippen LogP contribution >= 0.6 is 11.6 Å². The highest BCUT2D eigenvalue weighted by Crippen LogP contribution is 2.22. The Hall–Kier alpha value is -1.40. The molecule has 6 nitrogen and oxygen atoms in total. The summed E-state index contributed by atoms with van der Waals surface area (Å²) in [6.45, 7) is 4.24. The van der Waals surface area contributed by atoms with Crippen molar-refractivity contribution in [3.8, 4) is 5.88 Å². The first kappa shape index (κ1) is 15.0. The first-order valence-electron chi connectivity index (χ1n) is 6.69. The standard InChI is InChI=1S/C13H19ClN4O2/c1-3-20-8-4-7-18-10(5-6-14)17-11-12(18)15-9-16-13(11)19-2/h9H,3-8H2,1-2H3. The summed E-state index contributed by atoms with van der Waals surface area (Å²) in [4.78, 5) is 13.0. The molecule has 0 atom stereocenters. The van der Waals surface area contributed by atoms with Crippen LogP contribution in [0, 0.1) is 0 Å². The summed E-state index contributed by atoms with van der Waals surface area (Å²) in [5.41, 5.74) is 1.47. The van der Waals surface area contributed by atoms with Gasteiger partial charge in [0.2, 0.25) is 5.88 Å². The minimum atomic E-state index is 0.495. The van der Waals surface area contributed by atoms with E-state index in [4.69, 9.17) is 21.1 Å². The average molecular weight is 299 g/mol. The number of fused-ring (bicyclic) bond motifs is 1. The highest BCUT2D eigenvalue weighted by molar-refractivity contribution is 6.17. The number of aryl methyl sites for hydroxylation is 2. The Morgan fingerprint density at radius 3 is 2.90 bits per heavy atom. The maximum Gasteiger partial charge on any atom is 0.245 e. The van der Waals surface area contributed by atoms with Gasteiger partial charge in [0, 0.05) is 32.1 Å². The first-order chi connectivity index (χ1) is 9.81. The zero-order valence-corrected chi connectivity index (χ0v) is 12.6. The fraction of sp³-hybridized carbons (Fsp3) is 0.615. The molecule has 110 valence electrons. The molecule has 0 aliphatic carbocycles. The second-order valence-electron chi connectivity index (χ2n) is 4.22. The van der Waals surface area contributed by atoms with Crippen LogP contribution < -0.4 is 4.74 Å². The molecule has 2 rings (SSSR count).